The van der Waals surface area contributed by atoms with E-state index in [0.29, 0.717) is 17.0 Å². The van der Waals surface area contributed by atoms with Crippen LogP contribution in [0.5, 0.6) is 0 Å². The maximum Gasteiger partial charge on any atom is 0.325 e. The van der Waals surface area contributed by atoms with Crippen LogP contribution >= 0.6 is 0 Å². The van der Waals surface area contributed by atoms with Crippen LogP contribution in [-0.4, -0.2) is 25.7 Å². The lowest BCUT2D eigenvalue weighted by Crippen LogP contribution is -2.20. The number of nitrogens with zero attached hydrogens (tertiary/aromatic N) is 3. The van der Waals surface area contributed by atoms with E-state index in [4.69, 9.17) is 10.8 Å². The van der Waals surface area contributed by atoms with Crippen molar-refractivity contribution < 1.29 is 9.90 Å². The van der Waals surface area contributed by atoms with Crippen molar-refractivity contribution >= 4 is 11.6 Å². The van der Waals surface area contributed by atoms with Crippen molar-refractivity contribution in [1.82, 2.24) is 14.6 Å². The van der Waals surface area contributed by atoms with Crippen LogP contribution in [0.2, 0.25) is 0 Å². The smallest absolute Gasteiger partial charge is 0.325 e. The number of carbonyl (C=O) groups is 1. The monoisotopic (exact) mass is 206 g/mol. The van der Waals surface area contributed by atoms with Gasteiger partial charge in [-0.1, -0.05) is 0 Å². The molecule has 0 radical (unpaired) electrons. The third-order valence-electron chi connectivity index (χ3n) is 2.09. The highest BCUT2D eigenvalue weighted by molar-refractivity contribution is 5.75. The highest BCUT2D eigenvalue weighted by atomic mass is 16.4. The van der Waals surface area contributed by atoms with E-state index in [1.807, 2.05) is 0 Å². The number of nitrogens with two attached hydrogens (primary N) is 1. The van der Waals surface area contributed by atoms with Crippen molar-refractivity contribution in [2.75, 3.05) is 0 Å². The molecule has 0 amide bonds. The minimum atomic E-state index is -1.06. The van der Waals surface area contributed by atoms with Gasteiger partial charge in [0, 0.05) is 6.20 Å². The molecule has 0 saturated carbocycles. The molecule has 2 aromatic heterocycles. The van der Waals surface area contributed by atoms with E-state index >= 15 is 0 Å². The van der Waals surface area contributed by atoms with Crippen molar-refractivity contribution in [1.29, 1.82) is 0 Å². The second kappa shape index (κ2) is 3.32. The molecule has 6 nitrogen and oxygen atoms in total. The summed E-state index contributed by atoms with van der Waals surface area (Å²) in [6, 6.07) is 2.23. The summed E-state index contributed by atoms with van der Waals surface area (Å²) in [4.78, 5) is 14.8. The fourth-order valence-electron chi connectivity index (χ4n) is 1.34. The zero-order chi connectivity index (χ0) is 11.0. The molecule has 6 heteroatoms. The molecule has 0 spiro atoms. The predicted octanol–water partition coefficient (Wildman–Crippen LogP) is 0.122. The molecule has 0 aliphatic heterocycles. The summed E-state index contributed by atoms with van der Waals surface area (Å²) >= 11 is 0. The van der Waals surface area contributed by atoms with E-state index in [1.165, 1.54) is 0 Å². The van der Waals surface area contributed by atoms with Gasteiger partial charge in [0.25, 0.3) is 0 Å². The molecule has 1 unspecified atom stereocenters. The molecule has 0 aliphatic carbocycles. The molecule has 3 N–H and O–H groups in total. The van der Waals surface area contributed by atoms with E-state index in [2.05, 4.69) is 10.1 Å². The van der Waals surface area contributed by atoms with Gasteiger partial charge in [-0.2, -0.15) is 5.10 Å². The Bertz CT molecular complexity index is 520. The predicted molar refractivity (Wildman–Crippen MR) is 52.3 cm³/mol. The third kappa shape index (κ3) is 1.66. The zero-order valence-electron chi connectivity index (χ0n) is 8.08. The molecule has 78 valence electrons. The fourth-order valence-corrected chi connectivity index (χ4v) is 1.34. The molecule has 2 heterocycles. The number of aryl methyl sites for hydroxylation is 1. The van der Waals surface area contributed by atoms with Gasteiger partial charge in [-0.3, -0.25) is 4.79 Å². The van der Waals surface area contributed by atoms with Gasteiger partial charge in [-0.25, -0.2) is 9.50 Å². The maximum absolute atomic E-state index is 10.7. The first-order valence-electron chi connectivity index (χ1n) is 4.39. The summed E-state index contributed by atoms with van der Waals surface area (Å²) in [7, 11) is 0. The number of aromatic nitrogens is 3. The van der Waals surface area contributed by atoms with Gasteiger partial charge < -0.3 is 10.8 Å². The van der Waals surface area contributed by atoms with Gasteiger partial charge in [-0.15, -0.1) is 0 Å². The SMILES string of the molecule is Cc1nc2cc(C(N)C(=O)O)ccn2n1. The summed E-state index contributed by atoms with van der Waals surface area (Å²) in [6.45, 7) is 1.77. The van der Waals surface area contributed by atoms with Crippen molar-refractivity contribution in [3.05, 3.63) is 29.7 Å². The van der Waals surface area contributed by atoms with Gasteiger partial charge >= 0.3 is 5.97 Å². The number of aliphatic carboxylic acids is 1. The minimum absolute atomic E-state index is 0.516. The highest BCUT2D eigenvalue weighted by Crippen LogP contribution is 2.12. The van der Waals surface area contributed by atoms with E-state index in [9.17, 15) is 4.79 Å². The van der Waals surface area contributed by atoms with E-state index < -0.39 is 12.0 Å². The van der Waals surface area contributed by atoms with E-state index in [1.54, 1.807) is 29.8 Å². The van der Waals surface area contributed by atoms with Crippen LogP contribution < -0.4 is 5.73 Å². The Kier molecular flexibility index (Phi) is 2.12. The number of rotatable bonds is 2. The Morgan fingerprint density at radius 2 is 2.40 bits per heavy atom. The third-order valence-corrected chi connectivity index (χ3v) is 2.09. The molecule has 0 bridgehead atoms. The van der Waals surface area contributed by atoms with Crippen LogP contribution in [-0.2, 0) is 4.79 Å². The topological polar surface area (TPSA) is 93.5 Å². The molecule has 0 aromatic carbocycles. The standard InChI is InChI=1S/C9H10N4O2/c1-5-11-7-4-6(8(10)9(14)15)2-3-13(7)12-5/h2-4,8H,10H2,1H3,(H,14,15). The summed E-state index contributed by atoms with van der Waals surface area (Å²) in [6.07, 6.45) is 1.65. The van der Waals surface area contributed by atoms with Crippen LogP contribution in [0.3, 0.4) is 0 Å². The lowest BCUT2D eigenvalue weighted by molar-refractivity contribution is -0.138. The number of carboxylic acids is 1. The summed E-state index contributed by atoms with van der Waals surface area (Å²) < 4.78 is 1.58. The van der Waals surface area contributed by atoms with Gasteiger partial charge in [0.05, 0.1) is 0 Å². The molecule has 15 heavy (non-hydrogen) atoms. The van der Waals surface area contributed by atoms with Gasteiger partial charge in [0.15, 0.2) is 5.65 Å². The van der Waals surface area contributed by atoms with Gasteiger partial charge in [-0.05, 0) is 24.6 Å². The first-order valence-corrected chi connectivity index (χ1v) is 4.39. The maximum atomic E-state index is 10.7. The number of pyridine rings is 1. The molecule has 0 aliphatic rings. The molecule has 1 atom stereocenters. The molecule has 0 saturated heterocycles. The Labute approximate surface area is 85.3 Å². The second-order valence-electron chi connectivity index (χ2n) is 3.24. The summed E-state index contributed by atoms with van der Waals surface area (Å²) in [5.74, 6) is -0.424. The number of hydrogen-bond acceptors (Lipinski definition) is 4. The van der Waals surface area contributed by atoms with Crippen LogP contribution in [0, 0.1) is 6.92 Å². The van der Waals surface area contributed by atoms with Crippen molar-refractivity contribution in [3.8, 4) is 0 Å². The molecule has 2 aromatic rings. The second-order valence-corrected chi connectivity index (χ2v) is 3.24. The molecule has 2 rings (SSSR count). The van der Waals surface area contributed by atoms with Crippen molar-refractivity contribution in [3.63, 3.8) is 0 Å². The summed E-state index contributed by atoms with van der Waals surface area (Å²) in [5.41, 5.74) is 6.59. The molecular formula is C9H10N4O2. The van der Waals surface area contributed by atoms with Crippen molar-refractivity contribution in [2.45, 2.75) is 13.0 Å². The molecular weight excluding hydrogens is 196 g/mol. The average molecular weight is 206 g/mol. The Hall–Kier alpha value is -1.95. The van der Waals surface area contributed by atoms with E-state index in [-0.39, 0.29) is 0 Å². The van der Waals surface area contributed by atoms with Crippen LogP contribution in [0.4, 0.5) is 0 Å². The zero-order valence-corrected chi connectivity index (χ0v) is 8.08. The van der Waals surface area contributed by atoms with Crippen LogP contribution in [0.25, 0.3) is 5.65 Å². The normalized spacial score (nSPS) is 12.9. The van der Waals surface area contributed by atoms with E-state index in [0.717, 1.165) is 0 Å². The quantitative estimate of drug-likeness (QED) is 0.728. The number of carboxylic acid groups (broad SMARTS) is 1. The van der Waals surface area contributed by atoms with Crippen molar-refractivity contribution in [2.24, 2.45) is 5.73 Å². The molecule has 0 fully saturated rings. The lowest BCUT2D eigenvalue weighted by Gasteiger charge is -2.05. The van der Waals surface area contributed by atoms with Crippen LogP contribution in [0.15, 0.2) is 18.3 Å². The number of hydrogen-bond donors (Lipinski definition) is 2. The van der Waals surface area contributed by atoms with Gasteiger partial charge in [0.1, 0.15) is 11.9 Å². The largest absolute Gasteiger partial charge is 0.480 e. The first kappa shape index (κ1) is 9.60. The first-order chi connectivity index (χ1) is 7.08. The average Bonchev–Trinajstić information content (AvgIpc) is 2.55. The lowest BCUT2D eigenvalue weighted by atomic mass is 10.1. The minimum Gasteiger partial charge on any atom is -0.480 e. The Morgan fingerprint density at radius 3 is 3.07 bits per heavy atom. The summed E-state index contributed by atoms with van der Waals surface area (Å²) in [5, 5.41) is 12.8. The Balaban J connectivity index is 2.50. The van der Waals surface area contributed by atoms with Crippen LogP contribution in [0.1, 0.15) is 17.4 Å². The number of fused-ring (bicyclic) bond motifs is 1. The Morgan fingerprint density at radius 1 is 1.67 bits per heavy atom. The fraction of sp³-hybridized carbons (Fsp3) is 0.222. The van der Waals surface area contributed by atoms with Gasteiger partial charge in [0.2, 0.25) is 0 Å². The highest BCUT2D eigenvalue weighted by Gasteiger charge is 2.14.